The predicted octanol–water partition coefficient (Wildman–Crippen LogP) is 16.2. The maximum absolute atomic E-state index is 2.55. The monoisotopic (exact) mass is 794 g/mol. The van der Waals surface area contributed by atoms with Gasteiger partial charge in [0.2, 0.25) is 0 Å². The van der Waals surface area contributed by atoms with Crippen LogP contribution in [0.1, 0.15) is 49.9 Å². The van der Waals surface area contributed by atoms with Crippen LogP contribution in [0.2, 0.25) is 0 Å². The summed E-state index contributed by atoms with van der Waals surface area (Å²) in [5, 5.41) is 2.50. The fraction of sp³-hybridized carbons (Fsp3) is 0.100. The van der Waals surface area contributed by atoms with Gasteiger partial charge in [-0.3, -0.25) is 0 Å². The van der Waals surface area contributed by atoms with Gasteiger partial charge in [0.05, 0.1) is 22.4 Å². The molecule has 2 heteroatoms. The highest BCUT2D eigenvalue weighted by molar-refractivity contribution is 6.14. The maximum Gasteiger partial charge on any atom is 0.0619 e. The molecule has 0 saturated carbocycles. The van der Waals surface area contributed by atoms with E-state index < -0.39 is 0 Å². The summed E-state index contributed by atoms with van der Waals surface area (Å²) in [5.74, 6) is 0. The summed E-state index contributed by atoms with van der Waals surface area (Å²) in [5.41, 5.74) is 22.3. The van der Waals surface area contributed by atoms with Crippen molar-refractivity contribution in [1.82, 2.24) is 4.57 Å². The van der Waals surface area contributed by atoms with Crippen molar-refractivity contribution in [3.63, 3.8) is 0 Å². The van der Waals surface area contributed by atoms with Crippen LogP contribution in [-0.2, 0) is 10.8 Å². The van der Waals surface area contributed by atoms with Crippen LogP contribution in [-0.4, -0.2) is 4.57 Å². The SMILES string of the molecule is CC1(C)c2ccccc2-c2c(-c3ccccc3N(c3cccc(-c4cccc5c6ccccc6n(-c6ccccc6)c45)c3)c3cccc4c3-c3ccccc3C4(C)C)cccc21. The molecule has 0 aliphatic heterocycles. The number of anilines is 3. The van der Waals surface area contributed by atoms with Gasteiger partial charge in [-0.15, -0.1) is 0 Å². The van der Waals surface area contributed by atoms with Crippen LogP contribution in [0.3, 0.4) is 0 Å². The fourth-order valence-corrected chi connectivity index (χ4v) is 11.1. The van der Waals surface area contributed by atoms with Crippen LogP contribution in [0.5, 0.6) is 0 Å². The third-order valence-corrected chi connectivity index (χ3v) is 14.0. The lowest BCUT2D eigenvalue weighted by Crippen LogP contribution is -2.16. The van der Waals surface area contributed by atoms with E-state index in [0.29, 0.717) is 0 Å². The van der Waals surface area contributed by atoms with E-state index in [9.17, 15) is 0 Å². The molecule has 0 saturated heterocycles. The molecule has 0 atom stereocenters. The first-order chi connectivity index (χ1) is 30.3. The predicted molar refractivity (Wildman–Crippen MR) is 261 cm³/mol. The molecule has 0 amide bonds. The van der Waals surface area contributed by atoms with Crippen LogP contribution in [0.25, 0.3) is 72.0 Å². The lowest BCUT2D eigenvalue weighted by molar-refractivity contribution is 0.660. The van der Waals surface area contributed by atoms with Gasteiger partial charge in [-0.25, -0.2) is 0 Å². The molecule has 0 radical (unpaired) electrons. The van der Waals surface area contributed by atoms with Gasteiger partial charge in [0.1, 0.15) is 0 Å². The van der Waals surface area contributed by atoms with Crippen molar-refractivity contribution in [2.24, 2.45) is 0 Å². The van der Waals surface area contributed by atoms with Crippen LogP contribution in [0.15, 0.2) is 206 Å². The first-order valence-electron chi connectivity index (χ1n) is 21.9. The molecule has 10 aromatic rings. The van der Waals surface area contributed by atoms with Crippen molar-refractivity contribution in [3.8, 4) is 50.2 Å². The summed E-state index contributed by atoms with van der Waals surface area (Å²) in [6.07, 6.45) is 0. The van der Waals surface area contributed by atoms with E-state index in [1.165, 1.54) is 94.3 Å². The summed E-state index contributed by atoms with van der Waals surface area (Å²) in [6.45, 7) is 9.49. The van der Waals surface area contributed by atoms with E-state index in [4.69, 9.17) is 0 Å². The standard InChI is InChI=1S/C60H46N2/c1-59(2)49-31-12-8-26-47(49)56-45(29-18-33-51(56)59)43-24-10-14-35-53(43)61(55-37-19-34-52-57(55)48-27-9-13-32-50(48)60(52,3)4)41-23-16-20-39(38-41)42-28-17-30-46-44-25-11-15-36-54(44)62(58(42)46)40-21-6-5-7-22-40/h5-38H,1-4H3. The molecule has 2 aliphatic carbocycles. The minimum atomic E-state index is -0.148. The number of rotatable bonds is 6. The molecule has 0 spiro atoms. The molecule has 0 unspecified atom stereocenters. The minimum absolute atomic E-state index is 0.107. The van der Waals surface area contributed by atoms with Crippen molar-refractivity contribution in [1.29, 1.82) is 0 Å². The highest BCUT2D eigenvalue weighted by Crippen LogP contribution is 2.57. The van der Waals surface area contributed by atoms with Gasteiger partial charge in [-0.1, -0.05) is 191 Å². The van der Waals surface area contributed by atoms with Gasteiger partial charge in [0, 0.05) is 49.7 Å². The van der Waals surface area contributed by atoms with Crippen LogP contribution in [0.4, 0.5) is 17.1 Å². The van der Waals surface area contributed by atoms with E-state index in [-0.39, 0.29) is 10.8 Å². The Bertz CT molecular complexity index is 3420. The van der Waals surface area contributed by atoms with Gasteiger partial charge < -0.3 is 9.47 Å². The van der Waals surface area contributed by atoms with Crippen LogP contribution < -0.4 is 4.90 Å². The molecule has 0 fully saturated rings. The average Bonchev–Trinajstić information content (AvgIpc) is 3.87. The Balaban J connectivity index is 1.14. The Hall–Kier alpha value is -7.42. The Morgan fingerprint density at radius 2 is 0.887 bits per heavy atom. The number of fused-ring (bicyclic) bond motifs is 9. The van der Waals surface area contributed by atoms with Gasteiger partial charge in [0.15, 0.2) is 0 Å². The topological polar surface area (TPSA) is 8.17 Å². The Labute approximate surface area is 364 Å². The van der Waals surface area contributed by atoms with Crippen molar-refractivity contribution >= 4 is 38.9 Å². The van der Waals surface area contributed by atoms with E-state index in [2.05, 4.69) is 243 Å². The third kappa shape index (κ3) is 5.16. The third-order valence-electron chi connectivity index (χ3n) is 14.0. The minimum Gasteiger partial charge on any atom is -0.309 e. The van der Waals surface area contributed by atoms with Crippen molar-refractivity contribution in [2.75, 3.05) is 4.90 Å². The molecule has 2 nitrogen and oxygen atoms in total. The lowest BCUT2D eigenvalue weighted by atomic mass is 9.82. The molecule has 62 heavy (non-hydrogen) atoms. The highest BCUT2D eigenvalue weighted by Gasteiger charge is 2.39. The molecule has 12 rings (SSSR count). The molecule has 0 N–H and O–H groups in total. The highest BCUT2D eigenvalue weighted by atomic mass is 15.1. The smallest absolute Gasteiger partial charge is 0.0619 e. The second-order valence-electron chi connectivity index (χ2n) is 18.1. The van der Waals surface area contributed by atoms with Gasteiger partial charge >= 0.3 is 0 Å². The molecular formula is C60H46N2. The second-order valence-corrected chi connectivity index (χ2v) is 18.1. The van der Waals surface area contributed by atoms with Gasteiger partial charge in [-0.05, 0) is 92.5 Å². The maximum atomic E-state index is 2.55. The number of benzene rings is 9. The van der Waals surface area contributed by atoms with Crippen molar-refractivity contribution < 1.29 is 0 Å². The number of aromatic nitrogens is 1. The molecule has 9 aromatic carbocycles. The number of hydrogen-bond acceptors (Lipinski definition) is 1. The quantitative estimate of drug-likeness (QED) is 0.163. The normalized spacial score (nSPS) is 14.1. The summed E-state index contributed by atoms with van der Waals surface area (Å²) >= 11 is 0. The molecule has 1 heterocycles. The molecule has 0 bridgehead atoms. The lowest BCUT2D eigenvalue weighted by Gasteiger charge is -2.31. The number of para-hydroxylation sites is 4. The zero-order chi connectivity index (χ0) is 41.7. The number of nitrogens with zero attached hydrogens (tertiary/aromatic N) is 2. The fourth-order valence-electron chi connectivity index (χ4n) is 11.1. The average molecular weight is 795 g/mol. The first kappa shape index (κ1) is 36.4. The van der Waals surface area contributed by atoms with Crippen molar-refractivity contribution in [3.05, 3.63) is 229 Å². The molecular weight excluding hydrogens is 749 g/mol. The summed E-state index contributed by atoms with van der Waals surface area (Å²) in [4.78, 5) is 2.55. The van der Waals surface area contributed by atoms with Crippen LogP contribution >= 0.6 is 0 Å². The van der Waals surface area contributed by atoms with Crippen molar-refractivity contribution in [2.45, 2.75) is 38.5 Å². The largest absolute Gasteiger partial charge is 0.309 e. The van der Waals surface area contributed by atoms with Crippen LogP contribution in [0, 0.1) is 0 Å². The Morgan fingerprint density at radius 3 is 1.66 bits per heavy atom. The summed E-state index contributed by atoms with van der Waals surface area (Å²) in [6, 6.07) is 76.6. The second kappa shape index (κ2) is 13.5. The Kier molecular flexibility index (Phi) is 7.96. The van der Waals surface area contributed by atoms with Gasteiger partial charge in [0.25, 0.3) is 0 Å². The zero-order valence-corrected chi connectivity index (χ0v) is 35.5. The summed E-state index contributed by atoms with van der Waals surface area (Å²) < 4.78 is 2.44. The van der Waals surface area contributed by atoms with Gasteiger partial charge in [-0.2, -0.15) is 0 Å². The van der Waals surface area contributed by atoms with E-state index >= 15 is 0 Å². The summed E-state index contributed by atoms with van der Waals surface area (Å²) in [7, 11) is 0. The molecule has 2 aliphatic rings. The number of hydrogen-bond donors (Lipinski definition) is 0. The van der Waals surface area contributed by atoms with E-state index in [0.717, 1.165) is 17.1 Å². The Morgan fingerprint density at radius 1 is 0.371 bits per heavy atom. The van der Waals surface area contributed by atoms with E-state index in [1.807, 2.05) is 0 Å². The molecule has 296 valence electrons. The zero-order valence-electron chi connectivity index (χ0n) is 35.5. The molecule has 1 aromatic heterocycles. The first-order valence-corrected chi connectivity index (χ1v) is 21.9. The van der Waals surface area contributed by atoms with E-state index in [1.54, 1.807) is 0 Å².